The third-order valence-electron chi connectivity index (χ3n) is 1.40. The molecule has 0 saturated heterocycles. The Morgan fingerprint density at radius 1 is 0.800 bits per heavy atom. The van der Waals surface area contributed by atoms with Crippen LogP contribution >= 0.6 is 0 Å². The number of rotatable bonds is 0. The van der Waals surface area contributed by atoms with Gasteiger partial charge in [0, 0.05) is 0 Å². The minimum Gasteiger partial charge on any atom is -1.00 e. The molecule has 0 spiro atoms. The van der Waals surface area contributed by atoms with Gasteiger partial charge in [-0.05, 0) is 0 Å². The standard InChI is InChI=1S/C7H7.C5H5.2ClH.Ti/c1-7-5-3-2-4-6-7;1-2-4-5-3-1;;;/h2-6H,1H2;1-5H;2*1H;/q2*-1;;;+4/p-2. The molecule has 15 heavy (non-hydrogen) atoms. The van der Waals surface area contributed by atoms with Crippen LogP contribution in [0.25, 0.3) is 0 Å². The predicted octanol–water partition coefficient (Wildman–Crippen LogP) is -2.72. The van der Waals surface area contributed by atoms with Gasteiger partial charge in [-0.15, -0.1) is 12.1 Å². The zero-order chi connectivity index (χ0) is 8.65. The van der Waals surface area contributed by atoms with Crippen LogP contribution in [-0.4, -0.2) is 0 Å². The van der Waals surface area contributed by atoms with Gasteiger partial charge >= 0.3 is 21.7 Å². The van der Waals surface area contributed by atoms with Gasteiger partial charge in [0.25, 0.3) is 0 Å². The van der Waals surface area contributed by atoms with E-state index in [-0.39, 0.29) is 46.5 Å². The third-order valence-corrected chi connectivity index (χ3v) is 1.40. The molecule has 0 aliphatic heterocycles. The zero-order valence-electron chi connectivity index (χ0n) is 8.24. The summed E-state index contributed by atoms with van der Waals surface area (Å²) < 4.78 is 0. The second-order valence-corrected chi connectivity index (χ2v) is 2.45. The zero-order valence-corrected chi connectivity index (χ0v) is 11.3. The summed E-state index contributed by atoms with van der Waals surface area (Å²) in [5.41, 5.74) is 1.07. The molecule has 0 bridgehead atoms. The van der Waals surface area contributed by atoms with Crippen molar-refractivity contribution < 1.29 is 46.5 Å². The molecule has 0 fully saturated rings. The number of benzene rings is 1. The van der Waals surface area contributed by atoms with Crippen LogP contribution in [0, 0.1) is 6.92 Å². The average Bonchev–Trinajstić information content (AvgIpc) is 2.62. The van der Waals surface area contributed by atoms with E-state index >= 15 is 0 Å². The van der Waals surface area contributed by atoms with Crippen molar-refractivity contribution in [3.05, 3.63) is 73.2 Å². The molecule has 2 aromatic rings. The molecule has 2 aromatic carbocycles. The molecule has 0 aliphatic rings. The Labute approximate surface area is 119 Å². The second-order valence-electron chi connectivity index (χ2n) is 2.45. The number of halogens is 2. The summed E-state index contributed by atoms with van der Waals surface area (Å²) in [6.07, 6.45) is 0. The van der Waals surface area contributed by atoms with Gasteiger partial charge in [-0.2, -0.15) is 42.8 Å². The molecule has 78 valence electrons. The number of hydrogen-bond acceptors (Lipinski definition) is 0. The van der Waals surface area contributed by atoms with Crippen molar-refractivity contribution in [2.45, 2.75) is 0 Å². The van der Waals surface area contributed by atoms with Gasteiger partial charge in [0.2, 0.25) is 0 Å². The molecule has 0 atom stereocenters. The normalized spacial score (nSPS) is 6.67. The monoisotopic (exact) mass is 274 g/mol. The molecule has 0 heterocycles. The first-order valence-corrected chi connectivity index (χ1v) is 3.93. The van der Waals surface area contributed by atoms with Gasteiger partial charge in [-0.3, -0.25) is 0 Å². The van der Waals surface area contributed by atoms with E-state index in [1.165, 1.54) is 0 Å². The van der Waals surface area contributed by atoms with Crippen LogP contribution in [0.3, 0.4) is 0 Å². The minimum absolute atomic E-state index is 0. The fourth-order valence-corrected chi connectivity index (χ4v) is 0.799. The maximum absolute atomic E-state index is 3.72. The molecule has 3 heteroatoms. The Hall–Kier alpha value is -0.266. The van der Waals surface area contributed by atoms with Crippen LogP contribution < -0.4 is 24.8 Å². The van der Waals surface area contributed by atoms with Crippen LogP contribution in [0.5, 0.6) is 0 Å². The summed E-state index contributed by atoms with van der Waals surface area (Å²) in [6, 6.07) is 19.9. The van der Waals surface area contributed by atoms with Crippen molar-refractivity contribution >= 4 is 0 Å². The van der Waals surface area contributed by atoms with E-state index in [4.69, 9.17) is 0 Å². The van der Waals surface area contributed by atoms with Gasteiger partial charge < -0.3 is 24.8 Å². The van der Waals surface area contributed by atoms with Crippen LogP contribution in [0.2, 0.25) is 0 Å². The van der Waals surface area contributed by atoms with Crippen LogP contribution in [0.15, 0.2) is 60.7 Å². The summed E-state index contributed by atoms with van der Waals surface area (Å²) in [6.45, 7) is 3.72. The molecule has 0 saturated carbocycles. The van der Waals surface area contributed by atoms with E-state index in [1.54, 1.807) is 0 Å². The fraction of sp³-hybridized carbons (Fsp3) is 0. The average molecular weight is 275 g/mol. The van der Waals surface area contributed by atoms with E-state index in [0.717, 1.165) is 5.56 Å². The van der Waals surface area contributed by atoms with Crippen molar-refractivity contribution in [2.75, 3.05) is 0 Å². The topological polar surface area (TPSA) is 0 Å². The third kappa shape index (κ3) is 11.7. The van der Waals surface area contributed by atoms with E-state index in [1.807, 2.05) is 60.7 Å². The molecule has 0 amide bonds. The van der Waals surface area contributed by atoms with Gasteiger partial charge in [-0.1, -0.05) is 6.07 Å². The maximum atomic E-state index is 3.72. The summed E-state index contributed by atoms with van der Waals surface area (Å²) in [4.78, 5) is 0. The van der Waals surface area contributed by atoms with Gasteiger partial charge in [0.1, 0.15) is 0 Å². The van der Waals surface area contributed by atoms with E-state index in [2.05, 4.69) is 6.92 Å². The molecule has 0 unspecified atom stereocenters. The summed E-state index contributed by atoms with van der Waals surface area (Å²) in [7, 11) is 0. The van der Waals surface area contributed by atoms with Crippen molar-refractivity contribution in [3.8, 4) is 0 Å². The second kappa shape index (κ2) is 13.7. The predicted molar refractivity (Wildman–Crippen MR) is 52.9 cm³/mol. The van der Waals surface area contributed by atoms with Crippen molar-refractivity contribution in [1.29, 1.82) is 0 Å². The molecule has 0 radical (unpaired) electrons. The Balaban J connectivity index is -0.000000165. The van der Waals surface area contributed by atoms with E-state index in [0.29, 0.717) is 0 Å². The molecular weight excluding hydrogens is 263 g/mol. The maximum Gasteiger partial charge on any atom is 4.00 e. The van der Waals surface area contributed by atoms with Gasteiger partial charge in [0.15, 0.2) is 0 Å². The molecule has 2 rings (SSSR count). The summed E-state index contributed by atoms with van der Waals surface area (Å²) >= 11 is 0. The Morgan fingerprint density at radius 3 is 1.47 bits per heavy atom. The van der Waals surface area contributed by atoms with Crippen molar-refractivity contribution in [3.63, 3.8) is 0 Å². The quantitative estimate of drug-likeness (QED) is 0.362. The Kier molecular flexibility index (Phi) is 18.5. The van der Waals surface area contributed by atoms with E-state index in [9.17, 15) is 0 Å². The Bertz CT molecular complexity index is 262. The summed E-state index contributed by atoms with van der Waals surface area (Å²) in [5.74, 6) is 0. The van der Waals surface area contributed by atoms with E-state index < -0.39 is 0 Å². The molecule has 0 N–H and O–H groups in total. The minimum atomic E-state index is 0. The number of hydrogen-bond donors (Lipinski definition) is 0. The summed E-state index contributed by atoms with van der Waals surface area (Å²) in [5, 5.41) is 0. The molecular formula is C12H12Cl2Ti. The largest absolute Gasteiger partial charge is 4.00 e. The smallest absolute Gasteiger partial charge is 1.00 e. The van der Waals surface area contributed by atoms with Crippen molar-refractivity contribution in [2.24, 2.45) is 0 Å². The van der Waals surface area contributed by atoms with Gasteiger partial charge in [-0.25, -0.2) is 12.1 Å². The van der Waals surface area contributed by atoms with Crippen LogP contribution in [0.1, 0.15) is 5.56 Å². The molecule has 0 nitrogen and oxygen atoms in total. The molecule has 0 aromatic heterocycles. The SMILES string of the molecule is [CH2-]c1ccccc1.[Cl-].[Cl-].[Ti+4].c1cc[cH-]c1. The first kappa shape index (κ1) is 20.2. The van der Waals surface area contributed by atoms with Gasteiger partial charge in [0.05, 0.1) is 0 Å². The molecule has 0 aliphatic carbocycles. The van der Waals surface area contributed by atoms with Crippen LogP contribution in [0.4, 0.5) is 0 Å². The first-order valence-electron chi connectivity index (χ1n) is 3.93. The Morgan fingerprint density at radius 2 is 1.27 bits per heavy atom. The first-order chi connectivity index (χ1) is 5.89. The van der Waals surface area contributed by atoms with Crippen molar-refractivity contribution in [1.82, 2.24) is 0 Å². The fourth-order valence-electron chi connectivity index (χ4n) is 0.799. The van der Waals surface area contributed by atoms with Crippen LogP contribution in [-0.2, 0) is 21.7 Å².